The van der Waals surface area contributed by atoms with E-state index in [0.717, 1.165) is 0 Å². The minimum Gasteiger partial charge on any atom is -0.394 e. The van der Waals surface area contributed by atoms with Crippen molar-refractivity contribution in [2.24, 2.45) is 0 Å². The number of carbonyl (C=O) groups excluding carboxylic acids is 1. The molecule has 0 fully saturated rings. The van der Waals surface area contributed by atoms with Crippen LogP contribution in [0.2, 0.25) is 0 Å². The SMILES string of the molecule is O=C1c2ccccc2-c2c1c1ccccc1c(=O)n2NC[C@H](O)[C@@H](O)[C@H](O)CO. The fourth-order valence-corrected chi connectivity index (χ4v) is 3.68. The van der Waals surface area contributed by atoms with Gasteiger partial charge in [-0.15, -0.1) is 0 Å². The molecule has 4 rings (SSSR count). The summed E-state index contributed by atoms with van der Waals surface area (Å²) in [4.78, 5) is 26.2. The molecule has 0 saturated heterocycles. The van der Waals surface area contributed by atoms with Gasteiger partial charge in [-0.1, -0.05) is 42.5 Å². The average molecular weight is 396 g/mol. The summed E-state index contributed by atoms with van der Waals surface area (Å²) in [6.45, 7) is -1.01. The predicted molar refractivity (Wildman–Crippen MR) is 106 cm³/mol. The molecule has 8 heteroatoms. The van der Waals surface area contributed by atoms with Crippen LogP contribution in [0.1, 0.15) is 15.9 Å². The number of hydrogen-bond acceptors (Lipinski definition) is 7. The molecule has 1 aromatic heterocycles. The van der Waals surface area contributed by atoms with Crippen molar-refractivity contribution < 1.29 is 25.2 Å². The van der Waals surface area contributed by atoms with Crippen molar-refractivity contribution in [3.05, 3.63) is 70.0 Å². The summed E-state index contributed by atoms with van der Waals surface area (Å²) in [5.74, 6) is -0.196. The standard InChI is InChI=1S/C21H20N2O6/c24-10-16(26)20(28)15(25)9-22-23-18-12-6-2-3-7-13(12)19(27)17(18)11-5-1-4-8-14(11)21(23)29/h1-8,15-16,20,22,24-26,28H,9-10H2/t15-,16+,20+/m0/s1. The molecule has 2 aromatic carbocycles. The number of ketones is 1. The number of aliphatic hydroxyl groups excluding tert-OH is 4. The van der Waals surface area contributed by atoms with Crippen LogP contribution in [0.5, 0.6) is 0 Å². The zero-order chi connectivity index (χ0) is 20.7. The number of nitrogens with one attached hydrogen (secondary N) is 1. The Labute approximate surface area is 165 Å². The van der Waals surface area contributed by atoms with Crippen LogP contribution < -0.4 is 11.0 Å². The molecule has 3 aromatic rings. The molecular formula is C21H20N2O6. The lowest BCUT2D eigenvalue weighted by atomic mass is 10.0. The number of aliphatic hydroxyl groups is 4. The summed E-state index contributed by atoms with van der Waals surface area (Å²) in [5.41, 5.74) is 4.21. The number of nitrogens with zero attached hydrogens (tertiary/aromatic N) is 1. The van der Waals surface area contributed by atoms with Gasteiger partial charge in [0, 0.05) is 21.9 Å². The summed E-state index contributed by atoms with van der Waals surface area (Å²) in [7, 11) is 0. The van der Waals surface area contributed by atoms with Crippen molar-refractivity contribution in [3.8, 4) is 11.3 Å². The van der Waals surface area contributed by atoms with Crippen molar-refractivity contribution in [2.45, 2.75) is 18.3 Å². The van der Waals surface area contributed by atoms with Gasteiger partial charge in [0.05, 0.1) is 24.4 Å². The lowest BCUT2D eigenvalue weighted by molar-refractivity contribution is -0.0721. The zero-order valence-corrected chi connectivity index (χ0v) is 15.3. The maximum atomic E-state index is 13.1. The lowest BCUT2D eigenvalue weighted by Crippen LogP contribution is -2.45. The molecule has 0 saturated carbocycles. The van der Waals surface area contributed by atoms with Crippen LogP contribution in [-0.4, -0.2) is 62.3 Å². The summed E-state index contributed by atoms with van der Waals surface area (Å²) < 4.78 is 1.20. The van der Waals surface area contributed by atoms with Gasteiger partial charge in [-0.25, -0.2) is 4.68 Å². The molecule has 8 nitrogen and oxygen atoms in total. The molecule has 29 heavy (non-hydrogen) atoms. The van der Waals surface area contributed by atoms with Gasteiger partial charge in [0.1, 0.15) is 18.3 Å². The first-order valence-corrected chi connectivity index (χ1v) is 9.16. The van der Waals surface area contributed by atoms with Crippen molar-refractivity contribution in [1.29, 1.82) is 0 Å². The maximum Gasteiger partial charge on any atom is 0.277 e. The lowest BCUT2D eigenvalue weighted by Gasteiger charge is -2.23. The quantitative estimate of drug-likeness (QED) is 0.306. The van der Waals surface area contributed by atoms with E-state index in [2.05, 4.69) is 5.43 Å². The highest BCUT2D eigenvalue weighted by atomic mass is 16.4. The monoisotopic (exact) mass is 396 g/mol. The summed E-state index contributed by atoms with van der Waals surface area (Å²) in [6.07, 6.45) is -4.59. The van der Waals surface area contributed by atoms with Crippen molar-refractivity contribution in [3.63, 3.8) is 0 Å². The number of rotatable bonds is 6. The molecule has 0 amide bonds. The van der Waals surface area contributed by atoms with Gasteiger partial charge in [0.15, 0.2) is 5.78 Å². The van der Waals surface area contributed by atoms with Gasteiger partial charge in [0.25, 0.3) is 5.56 Å². The second-order valence-corrected chi connectivity index (χ2v) is 6.95. The molecule has 0 unspecified atom stereocenters. The molecule has 0 radical (unpaired) electrons. The highest BCUT2D eigenvalue weighted by Crippen LogP contribution is 2.38. The largest absolute Gasteiger partial charge is 0.394 e. The Balaban J connectivity index is 1.85. The van der Waals surface area contributed by atoms with Gasteiger partial charge in [0.2, 0.25) is 0 Å². The molecule has 0 bridgehead atoms. The third-order valence-corrected chi connectivity index (χ3v) is 5.18. The van der Waals surface area contributed by atoms with Gasteiger partial charge in [-0.2, -0.15) is 0 Å². The first kappa shape index (κ1) is 19.3. The molecular weight excluding hydrogens is 376 g/mol. The third-order valence-electron chi connectivity index (χ3n) is 5.18. The number of pyridine rings is 1. The van der Waals surface area contributed by atoms with Crippen molar-refractivity contribution in [2.75, 3.05) is 18.6 Å². The van der Waals surface area contributed by atoms with Gasteiger partial charge < -0.3 is 25.9 Å². The topological polar surface area (TPSA) is 132 Å². The van der Waals surface area contributed by atoms with Crippen LogP contribution >= 0.6 is 0 Å². The first-order chi connectivity index (χ1) is 14.0. The summed E-state index contributed by atoms with van der Waals surface area (Å²) in [5, 5.41) is 39.3. The van der Waals surface area contributed by atoms with E-state index in [1.54, 1.807) is 48.5 Å². The fraction of sp³-hybridized carbons (Fsp3) is 0.238. The molecule has 0 spiro atoms. The Kier molecular flexibility index (Phi) is 4.93. The Morgan fingerprint density at radius 3 is 2.17 bits per heavy atom. The number of benzene rings is 2. The minimum atomic E-state index is -1.61. The van der Waals surface area contributed by atoms with Gasteiger partial charge in [-0.05, 0) is 6.07 Å². The van der Waals surface area contributed by atoms with E-state index < -0.39 is 30.5 Å². The number of carbonyl (C=O) groups is 1. The molecule has 5 N–H and O–H groups in total. The summed E-state index contributed by atoms with van der Waals surface area (Å²) >= 11 is 0. The normalized spacial score (nSPS) is 15.7. The van der Waals surface area contributed by atoms with Crippen LogP contribution in [0.3, 0.4) is 0 Å². The molecule has 1 aliphatic rings. The van der Waals surface area contributed by atoms with E-state index in [9.17, 15) is 24.9 Å². The second kappa shape index (κ2) is 7.41. The van der Waals surface area contributed by atoms with Crippen molar-refractivity contribution >= 4 is 16.6 Å². The van der Waals surface area contributed by atoms with E-state index in [0.29, 0.717) is 33.2 Å². The first-order valence-electron chi connectivity index (χ1n) is 9.16. The van der Waals surface area contributed by atoms with Crippen molar-refractivity contribution in [1.82, 2.24) is 4.68 Å². The van der Waals surface area contributed by atoms with Crippen LogP contribution in [-0.2, 0) is 0 Å². The highest BCUT2D eigenvalue weighted by molar-refractivity contribution is 6.26. The average Bonchev–Trinajstić information content (AvgIpc) is 3.05. The van der Waals surface area contributed by atoms with E-state index in [-0.39, 0.29) is 12.3 Å². The minimum absolute atomic E-state index is 0.196. The molecule has 1 heterocycles. The van der Waals surface area contributed by atoms with E-state index >= 15 is 0 Å². The Bertz CT molecular complexity index is 1160. The Morgan fingerprint density at radius 2 is 1.48 bits per heavy atom. The van der Waals surface area contributed by atoms with Crippen LogP contribution in [0.15, 0.2) is 53.3 Å². The van der Waals surface area contributed by atoms with E-state index in [1.165, 1.54) is 4.68 Å². The van der Waals surface area contributed by atoms with E-state index in [1.807, 2.05) is 0 Å². The van der Waals surface area contributed by atoms with Crippen LogP contribution in [0, 0.1) is 0 Å². The highest BCUT2D eigenvalue weighted by Gasteiger charge is 2.33. The van der Waals surface area contributed by atoms with Crippen LogP contribution in [0.25, 0.3) is 22.0 Å². The molecule has 0 aliphatic heterocycles. The Morgan fingerprint density at radius 1 is 0.862 bits per heavy atom. The fourth-order valence-electron chi connectivity index (χ4n) is 3.68. The van der Waals surface area contributed by atoms with E-state index in [4.69, 9.17) is 5.11 Å². The molecule has 3 atom stereocenters. The zero-order valence-electron chi connectivity index (χ0n) is 15.3. The molecule has 150 valence electrons. The predicted octanol–water partition coefficient (Wildman–Crippen LogP) is -0.169. The van der Waals surface area contributed by atoms with Crippen LogP contribution in [0.4, 0.5) is 0 Å². The number of aromatic nitrogens is 1. The third kappa shape index (κ3) is 3.02. The summed E-state index contributed by atoms with van der Waals surface area (Å²) in [6, 6.07) is 13.7. The van der Waals surface area contributed by atoms with Gasteiger partial charge in [-0.3, -0.25) is 9.59 Å². The maximum absolute atomic E-state index is 13.1. The Hall–Kier alpha value is -3.04. The van der Waals surface area contributed by atoms with Gasteiger partial charge >= 0.3 is 0 Å². The second-order valence-electron chi connectivity index (χ2n) is 6.95. The molecule has 1 aliphatic carbocycles. The number of hydrogen-bond donors (Lipinski definition) is 5. The smallest absolute Gasteiger partial charge is 0.277 e. The number of fused-ring (bicyclic) bond motifs is 5.